The number of ether oxygens (including phenoxy) is 1. The molecule has 1 atom stereocenters. The van der Waals surface area contributed by atoms with E-state index >= 15 is 0 Å². The second-order valence-corrected chi connectivity index (χ2v) is 6.43. The fourth-order valence-corrected chi connectivity index (χ4v) is 3.18. The SMILES string of the molecule is CC1Cc2c(Cl)cc(C(=O)NCCc3ccccc3)c(O)c2C(=O)O1. The lowest BCUT2D eigenvalue weighted by Gasteiger charge is -2.24. The van der Waals surface area contributed by atoms with E-state index < -0.39 is 11.9 Å². The number of cyclic esters (lactones) is 1. The normalized spacial score (nSPS) is 16.1. The fourth-order valence-electron chi connectivity index (χ4n) is 2.90. The summed E-state index contributed by atoms with van der Waals surface area (Å²) in [4.78, 5) is 24.5. The standard InChI is InChI=1S/C19H18ClNO4/c1-11-9-13-15(20)10-14(17(22)16(13)19(24)25-11)18(23)21-8-7-12-5-3-2-4-6-12/h2-6,10-11,22H,7-9H2,1H3,(H,21,23). The average Bonchev–Trinajstić information content (AvgIpc) is 2.58. The van der Waals surface area contributed by atoms with Crippen molar-refractivity contribution in [1.82, 2.24) is 5.32 Å². The average molecular weight is 360 g/mol. The number of amides is 1. The van der Waals surface area contributed by atoms with Gasteiger partial charge in [-0.1, -0.05) is 41.9 Å². The number of hydrogen-bond donors (Lipinski definition) is 2. The van der Waals surface area contributed by atoms with E-state index in [0.717, 1.165) is 5.56 Å². The van der Waals surface area contributed by atoms with E-state index in [0.29, 0.717) is 24.9 Å². The molecule has 1 heterocycles. The molecule has 2 aromatic carbocycles. The maximum Gasteiger partial charge on any atom is 0.342 e. The topological polar surface area (TPSA) is 75.6 Å². The molecule has 0 aromatic heterocycles. The lowest BCUT2D eigenvalue weighted by molar-refractivity contribution is 0.0297. The molecule has 0 radical (unpaired) electrons. The van der Waals surface area contributed by atoms with Gasteiger partial charge >= 0.3 is 5.97 Å². The Hall–Kier alpha value is -2.53. The van der Waals surface area contributed by atoms with Crippen LogP contribution in [-0.2, 0) is 17.6 Å². The van der Waals surface area contributed by atoms with E-state index in [9.17, 15) is 14.7 Å². The van der Waals surface area contributed by atoms with Crippen LogP contribution in [0.25, 0.3) is 0 Å². The van der Waals surface area contributed by atoms with Crippen LogP contribution in [0.1, 0.15) is 38.8 Å². The highest BCUT2D eigenvalue weighted by Crippen LogP contribution is 2.36. The number of aromatic hydroxyl groups is 1. The van der Waals surface area contributed by atoms with Crippen LogP contribution in [0.2, 0.25) is 5.02 Å². The van der Waals surface area contributed by atoms with Crippen LogP contribution in [0.5, 0.6) is 5.75 Å². The number of nitrogens with one attached hydrogen (secondary N) is 1. The first-order valence-corrected chi connectivity index (χ1v) is 8.42. The van der Waals surface area contributed by atoms with Crippen molar-refractivity contribution < 1.29 is 19.4 Å². The predicted octanol–water partition coefficient (Wildman–Crippen LogP) is 3.12. The number of carbonyl (C=O) groups excluding carboxylic acids is 2. The van der Waals surface area contributed by atoms with Gasteiger partial charge < -0.3 is 15.2 Å². The minimum atomic E-state index is -0.660. The molecule has 0 saturated carbocycles. The number of carbonyl (C=O) groups is 2. The summed E-state index contributed by atoms with van der Waals surface area (Å²) in [6.07, 6.45) is 0.747. The van der Waals surface area contributed by atoms with Crippen LogP contribution >= 0.6 is 11.6 Å². The van der Waals surface area contributed by atoms with Crippen molar-refractivity contribution in [2.24, 2.45) is 0 Å². The van der Waals surface area contributed by atoms with Gasteiger partial charge in [0.05, 0.1) is 5.56 Å². The Labute approximate surface area is 150 Å². The van der Waals surface area contributed by atoms with Crippen molar-refractivity contribution in [2.75, 3.05) is 6.54 Å². The van der Waals surface area contributed by atoms with Crippen LogP contribution in [0.3, 0.4) is 0 Å². The van der Waals surface area contributed by atoms with Crippen LogP contribution < -0.4 is 5.32 Å². The van der Waals surface area contributed by atoms with Crippen LogP contribution in [0, 0.1) is 0 Å². The van der Waals surface area contributed by atoms with Gasteiger partial charge in [0.1, 0.15) is 17.4 Å². The number of esters is 1. The van der Waals surface area contributed by atoms with E-state index in [2.05, 4.69) is 5.32 Å². The second kappa shape index (κ2) is 7.15. The highest BCUT2D eigenvalue weighted by molar-refractivity contribution is 6.32. The first-order valence-electron chi connectivity index (χ1n) is 8.04. The summed E-state index contributed by atoms with van der Waals surface area (Å²) in [6.45, 7) is 2.15. The van der Waals surface area contributed by atoms with E-state index in [1.165, 1.54) is 6.07 Å². The smallest absolute Gasteiger partial charge is 0.342 e. The van der Waals surface area contributed by atoms with Gasteiger partial charge in [-0.15, -0.1) is 0 Å². The lowest BCUT2D eigenvalue weighted by Crippen LogP contribution is -2.29. The Morgan fingerprint density at radius 1 is 1.36 bits per heavy atom. The summed E-state index contributed by atoms with van der Waals surface area (Å²) >= 11 is 6.23. The van der Waals surface area contributed by atoms with E-state index in [1.54, 1.807) is 6.92 Å². The van der Waals surface area contributed by atoms with Crippen molar-refractivity contribution in [3.05, 3.63) is 63.7 Å². The van der Waals surface area contributed by atoms with Gasteiger partial charge in [-0.3, -0.25) is 4.79 Å². The van der Waals surface area contributed by atoms with Gasteiger partial charge in [-0.25, -0.2) is 4.79 Å². The molecule has 0 spiro atoms. The monoisotopic (exact) mass is 359 g/mol. The van der Waals surface area contributed by atoms with Gasteiger partial charge in [0.25, 0.3) is 5.91 Å². The fraction of sp³-hybridized carbons (Fsp3) is 0.263. The van der Waals surface area contributed by atoms with E-state index in [4.69, 9.17) is 16.3 Å². The molecule has 3 rings (SSSR count). The van der Waals surface area contributed by atoms with Gasteiger partial charge in [-0.05, 0) is 30.5 Å². The first kappa shape index (κ1) is 17.3. The molecule has 0 saturated heterocycles. The molecular weight excluding hydrogens is 342 g/mol. The molecule has 2 N–H and O–H groups in total. The number of phenolic OH excluding ortho intramolecular Hbond substituents is 1. The highest BCUT2D eigenvalue weighted by atomic mass is 35.5. The third kappa shape index (κ3) is 3.61. The summed E-state index contributed by atoms with van der Waals surface area (Å²) in [6, 6.07) is 11.1. The Bertz CT molecular complexity index is 820. The molecule has 6 heteroatoms. The molecule has 0 bridgehead atoms. The van der Waals surface area contributed by atoms with Crippen LogP contribution in [0.15, 0.2) is 36.4 Å². The van der Waals surface area contributed by atoms with Crippen molar-refractivity contribution >= 4 is 23.5 Å². The minimum Gasteiger partial charge on any atom is -0.506 e. The molecule has 25 heavy (non-hydrogen) atoms. The van der Waals surface area contributed by atoms with Gasteiger partial charge in [0.2, 0.25) is 0 Å². The summed E-state index contributed by atoms with van der Waals surface area (Å²) in [5.41, 5.74) is 1.57. The zero-order valence-corrected chi connectivity index (χ0v) is 14.5. The number of phenols is 1. The largest absolute Gasteiger partial charge is 0.506 e. The molecule has 130 valence electrons. The molecule has 1 unspecified atom stereocenters. The number of benzene rings is 2. The molecule has 0 fully saturated rings. The molecule has 5 nitrogen and oxygen atoms in total. The summed E-state index contributed by atoms with van der Waals surface area (Å²) in [5, 5.41) is 13.4. The zero-order valence-electron chi connectivity index (χ0n) is 13.7. The van der Waals surface area contributed by atoms with Gasteiger partial charge in [0.15, 0.2) is 0 Å². The lowest BCUT2D eigenvalue weighted by atomic mass is 9.95. The summed E-state index contributed by atoms with van der Waals surface area (Å²) in [5.74, 6) is -1.52. The zero-order chi connectivity index (χ0) is 18.0. The van der Waals surface area contributed by atoms with Crippen molar-refractivity contribution in [3.8, 4) is 5.75 Å². The Balaban J connectivity index is 1.78. The Morgan fingerprint density at radius 3 is 2.80 bits per heavy atom. The van der Waals surface area contributed by atoms with E-state index in [-0.39, 0.29) is 28.0 Å². The summed E-state index contributed by atoms with van der Waals surface area (Å²) in [7, 11) is 0. The highest BCUT2D eigenvalue weighted by Gasteiger charge is 2.31. The number of fused-ring (bicyclic) bond motifs is 1. The van der Waals surface area contributed by atoms with Crippen molar-refractivity contribution in [3.63, 3.8) is 0 Å². The van der Waals surface area contributed by atoms with Crippen molar-refractivity contribution in [1.29, 1.82) is 0 Å². The molecule has 0 aliphatic carbocycles. The molecule has 1 aliphatic heterocycles. The number of rotatable bonds is 4. The minimum absolute atomic E-state index is 0.0150. The maximum atomic E-state index is 12.4. The third-order valence-corrected chi connectivity index (χ3v) is 4.48. The molecular formula is C19H18ClNO4. The molecule has 1 aliphatic rings. The number of halogens is 1. The second-order valence-electron chi connectivity index (χ2n) is 6.02. The number of hydrogen-bond acceptors (Lipinski definition) is 4. The van der Waals surface area contributed by atoms with Crippen molar-refractivity contribution in [2.45, 2.75) is 25.9 Å². The van der Waals surface area contributed by atoms with Crippen LogP contribution in [0.4, 0.5) is 0 Å². The molecule has 1 amide bonds. The van der Waals surface area contributed by atoms with Gasteiger partial charge in [-0.2, -0.15) is 0 Å². The third-order valence-electron chi connectivity index (χ3n) is 4.14. The van der Waals surface area contributed by atoms with Gasteiger partial charge in [0, 0.05) is 18.0 Å². The van der Waals surface area contributed by atoms with E-state index in [1.807, 2.05) is 30.3 Å². The summed E-state index contributed by atoms with van der Waals surface area (Å²) < 4.78 is 5.13. The Morgan fingerprint density at radius 2 is 2.08 bits per heavy atom. The Kier molecular flexibility index (Phi) is 4.95. The quantitative estimate of drug-likeness (QED) is 0.822. The predicted molar refractivity (Wildman–Crippen MR) is 94.2 cm³/mol. The van der Waals surface area contributed by atoms with Crippen LogP contribution in [-0.4, -0.2) is 29.6 Å². The first-order chi connectivity index (χ1) is 12.0. The maximum absolute atomic E-state index is 12.4. The molecule has 2 aromatic rings.